The van der Waals surface area contributed by atoms with E-state index in [0.717, 1.165) is 17.2 Å². The van der Waals surface area contributed by atoms with Gasteiger partial charge in [-0.05, 0) is 26.7 Å². The SMILES string of the molecule is Cc1nc(CC(=O)CCNC2CC2)sc1C. The van der Waals surface area contributed by atoms with Crippen LogP contribution >= 0.6 is 11.3 Å². The summed E-state index contributed by atoms with van der Waals surface area (Å²) in [6.07, 6.45) is 3.69. The lowest BCUT2D eigenvalue weighted by Gasteiger charge is -2.00. The number of hydrogen-bond donors (Lipinski definition) is 1. The number of ketones is 1. The van der Waals surface area contributed by atoms with E-state index in [1.807, 2.05) is 6.92 Å². The van der Waals surface area contributed by atoms with Crippen LogP contribution in [0.25, 0.3) is 0 Å². The zero-order valence-corrected chi connectivity index (χ0v) is 10.7. The number of aryl methyl sites for hydroxylation is 2. The van der Waals surface area contributed by atoms with Gasteiger partial charge in [-0.25, -0.2) is 4.98 Å². The molecule has 0 spiro atoms. The Morgan fingerprint density at radius 2 is 2.25 bits per heavy atom. The molecule has 0 radical (unpaired) electrons. The molecule has 1 N–H and O–H groups in total. The first-order valence-corrected chi connectivity index (χ1v) is 6.65. The summed E-state index contributed by atoms with van der Waals surface area (Å²) in [5, 5.41) is 4.32. The highest BCUT2D eigenvalue weighted by Gasteiger charge is 2.20. The van der Waals surface area contributed by atoms with Gasteiger partial charge in [0.05, 0.1) is 12.1 Å². The summed E-state index contributed by atoms with van der Waals surface area (Å²) in [5.74, 6) is 0.293. The summed E-state index contributed by atoms with van der Waals surface area (Å²) >= 11 is 1.64. The summed E-state index contributed by atoms with van der Waals surface area (Å²) in [6.45, 7) is 4.87. The molecule has 0 aliphatic heterocycles. The van der Waals surface area contributed by atoms with E-state index in [0.29, 0.717) is 24.7 Å². The maximum absolute atomic E-state index is 11.7. The molecule has 3 nitrogen and oxygen atoms in total. The van der Waals surface area contributed by atoms with Gasteiger partial charge in [-0.1, -0.05) is 0 Å². The van der Waals surface area contributed by atoms with E-state index in [1.165, 1.54) is 17.7 Å². The number of rotatable bonds is 6. The van der Waals surface area contributed by atoms with Crippen molar-refractivity contribution in [3.8, 4) is 0 Å². The third-order valence-electron chi connectivity index (χ3n) is 2.84. The Bertz CT molecular complexity index is 363. The molecule has 1 fully saturated rings. The number of Topliss-reactive ketones (excluding diaryl/α,β-unsaturated/α-hetero) is 1. The average Bonchev–Trinajstić information content (AvgIpc) is 2.96. The van der Waals surface area contributed by atoms with Crippen LogP contribution in [0.15, 0.2) is 0 Å². The van der Waals surface area contributed by atoms with Crippen molar-refractivity contribution in [2.45, 2.75) is 45.6 Å². The standard InChI is InChI=1S/C12H18N2OS/c1-8-9(2)16-12(14-8)7-11(15)5-6-13-10-3-4-10/h10,13H,3-7H2,1-2H3. The molecule has 0 bridgehead atoms. The molecule has 1 heterocycles. The van der Waals surface area contributed by atoms with Crippen LogP contribution in [0.4, 0.5) is 0 Å². The van der Waals surface area contributed by atoms with E-state index >= 15 is 0 Å². The van der Waals surface area contributed by atoms with E-state index in [1.54, 1.807) is 11.3 Å². The second kappa shape index (κ2) is 5.06. The molecule has 1 aromatic heterocycles. The van der Waals surface area contributed by atoms with Gasteiger partial charge in [0.15, 0.2) is 0 Å². The quantitative estimate of drug-likeness (QED) is 0.824. The van der Waals surface area contributed by atoms with Crippen LogP contribution in [0.1, 0.15) is 34.8 Å². The Hall–Kier alpha value is -0.740. The highest BCUT2D eigenvalue weighted by Crippen LogP contribution is 2.19. The van der Waals surface area contributed by atoms with Crippen LogP contribution in [0.5, 0.6) is 0 Å². The smallest absolute Gasteiger partial charge is 0.140 e. The summed E-state index contributed by atoms with van der Waals surface area (Å²) in [5.41, 5.74) is 1.06. The fraction of sp³-hybridized carbons (Fsp3) is 0.667. The minimum absolute atomic E-state index is 0.293. The Morgan fingerprint density at radius 1 is 1.50 bits per heavy atom. The normalized spacial score (nSPS) is 15.4. The van der Waals surface area contributed by atoms with Gasteiger partial charge in [0, 0.05) is 23.9 Å². The molecule has 1 saturated carbocycles. The number of hydrogen-bond acceptors (Lipinski definition) is 4. The first-order valence-electron chi connectivity index (χ1n) is 5.83. The lowest BCUT2D eigenvalue weighted by atomic mass is 10.2. The van der Waals surface area contributed by atoms with Gasteiger partial charge in [0.1, 0.15) is 10.8 Å². The molecule has 4 heteroatoms. The second-order valence-corrected chi connectivity index (χ2v) is 5.73. The average molecular weight is 238 g/mol. The number of nitrogens with one attached hydrogen (secondary N) is 1. The Kier molecular flexibility index (Phi) is 3.71. The van der Waals surface area contributed by atoms with E-state index < -0.39 is 0 Å². The number of carbonyl (C=O) groups excluding carboxylic acids is 1. The third-order valence-corrected chi connectivity index (χ3v) is 3.91. The first-order chi connectivity index (χ1) is 7.65. The van der Waals surface area contributed by atoms with Gasteiger partial charge >= 0.3 is 0 Å². The van der Waals surface area contributed by atoms with Crippen LogP contribution in [-0.2, 0) is 11.2 Å². The second-order valence-electron chi connectivity index (χ2n) is 4.44. The van der Waals surface area contributed by atoms with Gasteiger partial charge in [-0.2, -0.15) is 0 Å². The molecule has 2 rings (SSSR count). The van der Waals surface area contributed by atoms with E-state index in [9.17, 15) is 4.79 Å². The molecule has 0 unspecified atom stereocenters. The maximum Gasteiger partial charge on any atom is 0.140 e. The molecule has 0 saturated heterocycles. The molecule has 16 heavy (non-hydrogen) atoms. The molecule has 88 valence electrons. The lowest BCUT2D eigenvalue weighted by molar-refractivity contribution is -0.118. The summed E-state index contributed by atoms with van der Waals surface area (Å²) in [6, 6.07) is 0.692. The van der Waals surface area contributed by atoms with Crippen molar-refractivity contribution in [2.24, 2.45) is 0 Å². The van der Waals surface area contributed by atoms with E-state index in [2.05, 4.69) is 17.2 Å². The number of nitrogens with zero attached hydrogens (tertiary/aromatic N) is 1. The first kappa shape index (κ1) is 11.7. The molecule has 1 aliphatic rings. The third kappa shape index (κ3) is 3.39. The van der Waals surface area contributed by atoms with Gasteiger partial charge in [-0.15, -0.1) is 11.3 Å². The van der Waals surface area contributed by atoms with E-state index in [-0.39, 0.29) is 0 Å². The Labute approximate surface area is 100 Å². The number of aromatic nitrogens is 1. The van der Waals surface area contributed by atoms with E-state index in [4.69, 9.17) is 0 Å². The highest BCUT2D eigenvalue weighted by molar-refractivity contribution is 7.11. The van der Waals surface area contributed by atoms with Crippen molar-refractivity contribution in [1.29, 1.82) is 0 Å². The monoisotopic (exact) mass is 238 g/mol. The lowest BCUT2D eigenvalue weighted by Crippen LogP contribution is -2.20. The predicted molar refractivity (Wildman–Crippen MR) is 65.9 cm³/mol. The van der Waals surface area contributed by atoms with Gasteiger partial charge in [0.25, 0.3) is 0 Å². The van der Waals surface area contributed by atoms with Crippen molar-refractivity contribution >= 4 is 17.1 Å². The fourth-order valence-corrected chi connectivity index (χ4v) is 2.54. The molecular formula is C12H18N2OS. The topological polar surface area (TPSA) is 42.0 Å². The van der Waals surface area contributed by atoms with Crippen LogP contribution in [0.3, 0.4) is 0 Å². The zero-order valence-electron chi connectivity index (χ0n) is 9.88. The van der Waals surface area contributed by atoms with Gasteiger partial charge in [-0.3, -0.25) is 4.79 Å². The fourth-order valence-electron chi connectivity index (χ4n) is 1.58. The van der Waals surface area contributed by atoms with Crippen molar-refractivity contribution in [1.82, 2.24) is 10.3 Å². The molecule has 1 aromatic rings. The number of thiazole rings is 1. The van der Waals surface area contributed by atoms with Crippen LogP contribution in [-0.4, -0.2) is 23.4 Å². The van der Waals surface area contributed by atoms with Crippen LogP contribution in [0, 0.1) is 13.8 Å². The summed E-state index contributed by atoms with van der Waals surface area (Å²) in [7, 11) is 0. The van der Waals surface area contributed by atoms with Crippen molar-refractivity contribution in [3.05, 3.63) is 15.6 Å². The zero-order chi connectivity index (χ0) is 11.5. The minimum atomic E-state index is 0.293. The van der Waals surface area contributed by atoms with Crippen molar-refractivity contribution in [3.63, 3.8) is 0 Å². The molecule has 0 aromatic carbocycles. The maximum atomic E-state index is 11.7. The molecular weight excluding hydrogens is 220 g/mol. The molecule has 0 amide bonds. The Balaban J connectivity index is 1.72. The highest BCUT2D eigenvalue weighted by atomic mass is 32.1. The summed E-state index contributed by atoms with van der Waals surface area (Å²) < 4.78 is 0. The van der Waals surface area contributed by atoms with Gasteiger partial charge in [0.2, 0.25) is 0 Å². The van der Waals surface area contributed by atoms with Crippen molar-refractivity contribution in [2.75, 3.05) is 6.54 Å². The molecule has 0 atom stereocenters. The van der Waals surface area contributed by atoms with Crippen LogP contribution in [0.2, 0.25) is 0 Å². The number of carbonyl (C=O) groups is 1. The van der Waals surface area contributed by atoms with Gasteiger partial charge < -0.3 is 5.32 Å². The van der Waals surface area contributed by atoms with Crippen LogP contribution < -0.4 is 5.32 Å². The largest absolute Gasteiger partial charge is 0.314 e. The van der Waals surface area contributed by atoms with Crippen molar-refractivity contribution < 1.29 is 4.79 Å². The predicted octanol–water partition coefficient (Wildman–Crippen LogP) is 2.01. The Morgan fingerprint density at radius 3 is 2.81 bits per heavy atom. The molecule has 1 aliphatic carbocycles. The summed E-state index contributed by atoms with van der Waals surface area (Å²) in [4.78, 5) is 17.3. The minimum Gasteiger partial charge on any atom is -0.314 e.